The highest BCUT2D eigenvalue weighted by Gasteiger charge is 2.21. The highest BCUT2D eigenvalue weighted by Crippen LogP contribution is 2.48. The van der Waals surface area contributed by atoms with Gasteiger partial charge in [-0.15, -0.1) is 0 Å². The molecule has 0 fully saturated rings. The summed E-state index contributed by atoms with van der Waals surface area (Å²) in [5.41, 5.74) is 16.4. The fourth-order valence-electron chi connectivity index (χ4n) is 12.9. The molecule has 1 heterocycles. The summed E-state index contributed by atoms with van der Waals surface area (Å²) in [6, 6.07) is 103. The Kier molecular flexibility index (Phi) is 9.71. The maximum atomic E-state index is 6.76. The van der Waals surface area contributed by atoms with Crippen LogP contribution < -0.4 is 0 Å². The van der Waals surface area contributed by atoms with Crippen molar-refractivity contribution in [1.29, 1.82) is 0 Å². The molecule has 0 unspecified atom stereocenters. The highest BCUT2D eigenvalue weighted by atomic mass is 16.3. The molecule has 0 atom stereocenters. The van der Waals surface area contributed by atoms with E-state index in [1.165, 1.54) is 142 Å². The van der Waals surface area contributed by atoms with Gasteiger partial charge in [0.25, 0.3) is 0 Å². The van der Waals surface area contributed by atoms with E-state index in [0.29, 0.717) is 0 Å². The van der Waals surface area contributed by atoms with Crippen LogP contribution in [0, 0.1) is 0 Å². The van der Waals surface area contributed by atoms with Crippen molar-refractivity contribution in [2.24, 2.45) is 0 Å². The van der Waals surface area contributed by atoms with Gasteiger partial charge in [0.1, 0.15) is 11.2 Å². The Morgan fingerprint density at radius 1 is 0.169 bits per heavy atom. The monoisotopic (exact) mass is 974 g/mol. The average Bonchev–Trinajstić information content (AvgIpc) is 4.05. The van der Waals surface area contributed by atoms with Crippen LogP contribution in [0.2, 0.25) is 0 Å². The van der Waals surface area contributed by atoms with E-state index in [-0.39, 0.29) is 0 Å². The first kappa shape index (κ1) is 43.3. The summed E-state index contributed by atoms with van der Waals surface area (Å²) in [6.07, 6.45) is 0. The molecule has 0 aliphatic heterocycles. The van der Waals surface area contributed by atoms with Crippen LogP contribution in [0.1, 0.15) is 0 Å². The second-order valence-corrected chi connectivity index (χ2v) is 20.6. The Labute approximate surface area is 445 Å². The molecule has 0 N–H and O–H groups in total. The van der Waals surface area contributed by atoms with E-state index >= 15 is 0 Å². The van der Waals surface area contributed by atoms with Crippen molar-refractivity contribution in [2.45, 2.75) is 0 Å². The number of fused-ring (bicyclic) bond motifs is 10. The van der Waals surface area contributed by atoms with Crippen molar-refractivity contribution in [2.75, 3.05) is 0 Å². The Hall–Kier alpha value is -10.1. The molecule has 16 rings (SSSR count). The maximum absolute atomic E-state index is 6.76. The third kappa shape index (κ3) is 6.88. The SMILES string of the molecule is c1ccc(-c2c3ccccc3c(-c3ccc4oc5cc6c(-c7ccc8ccc(-c9cccc(-c%10c%11ccccc%11c(-c%11cccc%12ccccc%11%12)c%11ccccc%10%11)c9)cc8c7)cccc6cc5c4c3)c3ccccc23)cc1. The van der Waals surface area contributed by atoms with Gasteiger partial charge in [0.2, 0.25) is 0 Å². The van der Waals surface area contributed by atoms with Crippen molar-refractivity contribution >= 4 is 97.3 Å². The predicted molar refractivity (Wildman–Crippen MR) is 329 cm³/mol. The van der Waals surface area contributed by atoms with E-state index in [0.717, 1.165) is 21.9 Å². The van der Waals surface area contributed by atoms with E-state index in [9.17, 15) is 0 Å². The van der Waals surface area contributed by atoms with E-state index in [2.05, 4.69) is 279 Å². The molecule has 1 aromatic heterocycles. The summed E-state index contributed by atoms with van der Waals surface area (Å²) in [6.45, 7) is 0. The van der Waals surface area contributed by atoms with E-state index < -0.39 is 0 Å². The van der Waals surface area contributed by atoms with Gasteiger partial charge < -0.3 is 4.42 Å². The standard InChI is InChI=1S/C76H46O/c1-2-18-49(19-3-1)73-60-25-6-8-27-62(60)75(63-28-9-7-26-61(63)73)55-39-40-71-69(45-55)70-44-52-22-16-33-58(68(52)46-72(70)77-71)53-38-36-47-35-37-51(42-56(47)43-53)50-21-14-23-54(41-50)74-64-29-10-12-31-66(64)76(67-32-13-11-30-65(67)74)59-34-15-20-48-17-4-5-24-57(48)59/h1-46H. The van der Waals surface area contributed by atoms with Gasteiger partial charge in [-0.25, -0.2) is 0 Å². The third-order valence-electron chi connectivity index (χ3n) is 16.4. The third-order valence-corrected chi connectivity index (χ3v) is 16.4. The van der Waals surface area contributed by atoms with Gasteiger partial charge in [0.05, 0.1) is 0 Å². The first-order valence-electron chi connectivity index (χ1n) is 26.6. The second kappa shape index (κ2) is 17.2. The molecule has 0 bridgehead atoms. The van der Waals surface area contributed by atoms with Crippen LogP contribution in [0.15, 0.2) is 283 Å². The molecule has 0 aliphatic carbocycles. The molecule has 0 amide bonds. The molecule has 0 saturated carbocycles. The Morgan fingerprint density at radius 3 is 1.27 bits per heavy atom. The van der Waals surface area contributed by atoms with Crippen LogP contribution in [0.25, 0.3) is 164 Å². The lowest BCUT2D eigenvalue weighted by atomic mass is 9.84. The summed E-state index contributed by atoms with van der Waals surface area (Å²) in [5, 5.41) is 19.5. The summed E-state index contributed by atoms with van der Waals surface area (Å²) in [7, 11) is 0. The minimum Gasteiger partial charge on any atom is -0.456 e. The van der Waals surface area contributed by atoms with Gasteiger partial charge in [0.15, 0.2) is 0 Å². The molecule has 0 aliphatic rings. The highest BCUT2D eigenvalue weighted by molar-refractivity contribution is 6.25. The minimum atomic E-state index is 0.886. The van der Waals surface area contributed by atoms with Gasteiger partial charge in [-0.3, -0.25) is 0 Å². The van der Waals surface area contributed by atoms with Gasteiger partial charge in [0, 0.05) is 10.8 Å². The Bertz CT molecular complexity index is 4980. The summed E-state index contributed by atoms with van der Waals surface area (Å²) < 4.78 is 6.76. The van der Waals surface area contributed by atoms with Crippen LogP contribution in [0.5, 0.6) is 0 Å². The lowest BCUT2D eigenvalue weighted by Crippen LogP contribution is -1.92. The number of hydrogen-bond acceptors (Lipinski definition) is 1. The zero-order valence-corrected chi connectivity index (χ0v) is 42.0. The molecule has 77 heavy (non-hydrogen) atoms. The number of furan rings is 1. The zero-order valence-electron chi connectivity index (χ0n) is 42.0. The van der Waals surface area contributed by atoms with E-state index in [4.69, 9.17) is 4.42 Å². The molecule has 15 aromatic carbocycles. The molecule has 16 aromatic rings. The normalized spacial score (nSPS) is 11.9. The molecule has 0 saturated heterocycles. The number of rotatable bonds is 6. The molecule has 0 radical (unpaired) electrons. The van der Waals surface area contributed by atoms with Crippen LogP contribution in [-0.4, -0.2) is 0 Å². The van der Waals surface area contributed by atoms with E-state index in [1.807, 2.05) is 0 Å². The predicted octanol–water partition coefficient (Wildman–Crippen LogP) is 21.7. The van der Waals surface area contributed by atoms with Gasteiger partial charge in [-0.1, -0.05) is 237 Å². The molecule has 1 nitrogen and oxygen atoms in total. The fraction of sp³-hybridized carbons (Fsp3) is 0. The van der Waals surface area contributed by atoms with Crippen LogP contribution in [0.3, 0.4) is 0 Å². The largest absolute Gasteiger partial charge is 0.456 e. The average molecular weight is 975 g/mol. The first-order valence-corrected chi connectivity index (χ1v) is 26.6. The van der Waals surface area contributed by atoms with Crippen molar-refractivity contribution < 1.29 is 4.42 Å². The molecular weight excluding hydrogens is 929 g/mol. The summed E-state index contributed by atoms with van der Waals surface area (Å²) >= 11 is 0. The van der Waals surface area contributed by atoms with Crippen LogP contribution in [0.4, 0.5) is 0 Å². The molecule has 1 heteroatoms. The van der Waals surface area contributed by atoms with Crippen LogP contribution in [-0.2, 0) is 0 Å². The number of benzene rings is 15. The van der Waals surface area contributed by atoms with Gasteiger partial charge >= 0.3 is 0 Å². The second-order valence-electron chi connectivity index (χ2n) is 20.6. The molecule has 356 valence electrons. The van der Waals surface area contributed by atoms with Crippen molar-refractivity contribution in [3.8, 4) is 66.8 Å². The smallest absolute Gasteiger partial charge is 0.136 e. The quantitative estimate of drug-likeness (QED) is 0.151. The minimum absolute atomic E-state index is 0.886. The first-order chi connectivity index (χ1) is 38.2. The summed E-state index contributed by atoms with van der Waals surface area (Å²) in [5.74, 6) is 0. The summed E-state index contributed by atoms with van der Waals surface area (Å²) in [4.78, 5) is 0. The van der Waals surface area contributed by atoms with Crippen LogP contribution >= 0.6 is 0 Å². The Morgan fingerprint density at radius 2 is 0.610 bits per heavy atom. The van der Waals surface area contributed by atoms with Crippen molar-refractivity contribution in [1.82, 2.24) is 0 Å². The van der Waals surface area contributed by atoms with Crippen molar-refractivity contribution in [3.05, 3.63) is 279 Å². The molecular formula is C76H46O. The lowest BCUT2D eigenvalue weighted by Gasteiger charge is -2.19. The zero-order chi connectivity index (χ0) is 50.6. The van der Waals surface area contributed by atoms with Gasteiger partial charge in [-0.2, -0.15) is 0 Å². The number of hydrogen-bond donors (Lipinski definition) is 0. The molecule has 0 spiro atoms. The topological polar surface area (TPSA) is 13.1 Å². The lowest BCUT2D eigenvalue weighted by molar-refractivity contribution is 0.669. The van der Waals surface area contributed by atoms with Crippen molar-refractivity contribution in [3.63, 3.8) is 0 Å². The maximum Gasteiger partial charge on any atom is 0.136 e. The van der Waals surface area contributed by atoms with E-state index in [1.54, 1.807) is 0 Å². The fourth-order valence-corrected chi connectivity index (χ4v) is 12.9. The Balaban J connectivity index is 0.788. The van der Waals surface area contributed by atoms with Gasteiger partial charge in [-0.05, 0) is 185 Å².